The van der Waals surface area contributed by atoms with Gasteiger partial charge >= 0.3 is 10.2 Å². The van der Waals surface area contributed by atoms with Crippen molar-refractivity contribution in [3.05, 3.63) is 5.82 Å². The second-order valence-electron chi connectivity index (χ2n) is 3.55. The first-order chi connectivity index (χ1) is 6.88. The van der Waals surface area contributed by atoms with Crippen molar-refractivity contribution < 1.29 is 12.3 Å². The Morgan fingerprint density at radius 2 is 2.00 bits per heavy atom. The zero-order valence-corrected chi connectivity index (χ0v) is 9.75. The lowest BCUT2D eigenvalue weighted by molar-refractivity contribution is 0.484. The summed E-state index contributed by atoms with van der Waals surface area (Å²) in [7, 11) is -4.79. The minimum atomic E-state index is -4.79. The summed E-state index contributed by atoms with van der Waals surface area (Å²) >= 11 is 0. The molecule has 1 heterocycles. The lowest BCUT2D eigenvalue weighted by Gasteiger charge is -2.11. The molecule has 0 saturated carbocycles. The summed E-state index contributed by atoms with van der Waals surface area (Å²) in [5.41, 5.74) is 0. The van der Waals surface area contributed by atoms with Crippen LogP contribution in [0.5, 0.6) is 0 Å². The van der Waals surface area contributed by atoms with E-state index < -0.39 is 15.4 Å². The molecule has 5 nitrogen and oxygen atoms in total. The molecule has 0 unspecified atom stereocenters. The first-order valence-corrected chi connectivity index (χ1v) is 6.14. The maximum atomic E-state index is 12.8. The number of aryl methyl sites for hydroxylation is 1. The van der Waals surface area contributed by atoms with Gasteiger partial charge in [-0.25, -0.2) is 0 Å². The lowest BCUT2D eigenvalue weighted by atomic mass is 10.3. The van der Waals surface area contributed by atoms with Crippen LogP contribution in [0.4, 0.5) is 3.89 Å². The average Bonchev–Trinajstić information content (AvgIpc) is 2.47. The van der Waals surface area contributed by atoms with Gasteiger partial charge in [0, 0.05) is 12.5 Å². The number of nitrogens with zero attached hydrogens (tertiary/aromatic N) is 3. The van der Waals surface area contributed by atoms with Crippen LogP contribution in [0.25, 0.3) is 0 Å². The number of hydrogen-bond donors (Lipinski definition) is 0. The molecule has 1 aromatic rings. The highest BCUT2D eigenvalue weighted by atomic mass is 32.3. The lowest BCUT2D eigenvalue weighted by Crippen LogP contribution is -2.12. The van der Waals surface area contributed by atoms with Gasteiger partial charge in [0.05, 0.1) is 0 Å². The summed E-state index contributed by atoms with van der Waals surface area (Å²) in [6.07, 6.45) is 1.39. The molecule has 0 amide bonds. The van der Waals surface area contributed by atoms with Crippen molar-refractivity contribution in [1.29, 1.82) is 0 Å². The smallest absolute Gasteiger partial charge is 0.297 e. The van der Waals surface area contributed by atoms with Gasteiger partial charge in [0.1, 0.15) is 5.82 Å². The van der Waals surface area contributed by atoms with Gasteiger partial charge in [-0.05, 0) is 20.3 Å². The minimum Gasteiger partial charge on any atom is -0.297 e. The molecule has 1 rings (SSSR count). The van der Waals surface area contributed by atoms with Gasteiger partial charge in [0.15, 0.2) is 0 Å². The average molecular weight is 235 g/mol. The molecule has 0 spiro atoms. The molecule has 0 saturated heterocycles. The number of rotatable bonds is 4. The molecule has 0 atom stereocenters. The van der Waals surface area contributed by atoms with Gasteiger partial charge in [-0.15, -0.1) is 10.2 Å². The van der Waals surface area contributed by atoms with Gasteiger partial charge in [-0.2, -0.15) is 8.42 Å². The topological polar surface area (TPSA) is 64.8 Å². The van der Waals surface area contributed by atoms with Crippen LogP contribution < -0.4 is 0 Å². The summed E-state index contributed by atoms with van der Waals surface area (Å²) in [5.74, 6) is 0.503. The number of halogens is 1. The van der Waals surface area contributed by atoms with E-state index in [4.69, 9.17) is 0 Å². The maximum absolute atomic E-state index is 12.8. The van der Waals surface area contributed by atoms with E-state index in [0.29, 0.717) is 12.2 Å². The fourth-order valence-corrected chi connectivity index (χ4v) is 2.08. The summed E-state index contributed by atoms with van der Waals surface area (Å²) < 4.78 is 35.7. The Morgan fingerprint density at radius 3 is 2.40 bits per heavy atom. The van der Waals surface area contributed by atoms with Crippen molar-refractivity contribution in [2.24, 2.45) is 0 Å². The Labute approximate surface area is 88.5 Å². The first-order valence-electron chi connectivity index (χ1n) is 4.76. The molecule has 0 aliphatic carbocycles. The molecular formula is C8H14FN3O2S. The Morgan fingerprint density at radius 1 is 1.40 bits per heavy atom. The number of hydrogen-bond acceptors (Lipinski definition) is 4. The molecular weight excluding hydrogens is 221 g/mol. The Kier molecular flexibility index (Phi) is 3.43. The fraction of sp³-hybridized carbons (Fsp3) is 0.750. The third-order valence-electron chi connectivity index (χ3n) is 1.94. The zero-order chi connectivity index (χ0) is 11.6. The first kappa shape index (κ1) is 12.1. The fourth-order valence-electron chi connectivity index (χ4n) is 1.39. The highest BCUT2D eigenvalue weighted by Gasteiger charge is 2.25. The van der Waals surface area contributed by atoms with Crippen LogP contribution >= 0.6 is 0 Å². The zero-order valence-electron chi connectivity index (χ0n) is 8.94. The van der Waals surface area contributed by atoms with Crippen LogP contribution in [0.3, 0.4) is 0 Å². The molecule has 0 N–H and O–H groups in total. The van der Waals surface area contributed by atoms with Gasteiger partial charge in [-0.3, -0.25) is 4.57 Å². The molecule has 0 aliphatic rings. The Balaban J connectivity index is 3.31. The van der Waals surface area contributed by atoms with Crippen molar-refractivity contribution in [3.63, 3.8) is 0 Å². The summed E-state index contributed by atoms with van der Waals surface area (Å²) in [6, 6.07) is -0.179. The van der Waals surface area contributed by atoms with Crippen molar-refractivity contribution in [1.82, 2.24) is 14.8 Å². The minimum absolute atomic E-state index is 0.179. The predicted molar refractivity (Wildman–Crippen MR) is 52.7 cm³/mol. The molecule has 0 fully saturated rings. The standard InChI is InChI=1S/C8H14FN3O2S/c1-4-5-7-10-11-8(15(9,13)14)12(7)6(2)3/h6H,4-5H2,1-3H3. The van der Waals surface area contributed by atoms with Crippen LogP contribution in [0.1, 0.15) is 39.1 Å². The van der Waals surface area contributed by atoms with E-state index in [1.54, 1.807) is 13.8 Å². The third kappa shape index (κ3) is 2.53. The number of aromatic nitrogens is 3. The quantitative estimate of drug-likeness (QED) is 0.741. The van der Waals surface area contributed by atoms with E-state index in [9.17, 15) is 12.3 Å². The summed E-state index contributed by atoms with van der Waals surface area (Å²) in [5, 5.41) is 6.47. The SMILES string of the molecule is CCCc1nnc(S(=O)(=O)F)n1C(C)C. The second-order valence-corrected chi connectivity index (χ2v) is 4.79. The molecule has 7 heteroatoms. The summed E-state index contributed by atoms with van der Waals surface area (Å²) in [6.45, 7) is 5.46. The second kappa shape index (κ2) is 4.26. The summed E-state index contributed by atoms with van der Waals surface area (Å²) in [4.78, 5) is 0. The van der Waals surface area contributed by atoms with Crippen LogP contribution in [0.15, 0.2) is 5.16 Å². The third-order valence-corrected chi connectivity index (χ3v) is 2.66. The predicted octanol–water partition coefficient (Wildman–Crippen LogP) is 1.47. The van der Waals surface area contributed by atoms with Gasteiger partial charge in [-0.1, -0.05) is 10.8 Å². The molecule has 0 aliphatic heterocycles. The molecule has 0 bridgehead atoms. The van der Waals surface area contributed by atoms with Gasteiger partial charge in [0.25, 0.3) is 5.16 Å². The van der Waals surface area contributed by atoms with Crippen molar-refractivity contribution in [3.8, 4) is 0 Å². The molecule has 86 valence electrons. The van der Waals surface area contributed by atoms with E-state index in [2.05, 4.69) is 10.2 Å². The molecule has 1 aromatic heterocycles. The highest BCUT2D eigenvalue weighted by Crippen LogP contribution is 2.18. The highest BCUT2D eigenvalue weighted by molar-refractivity contribution is 7.86. The Hall–Kier alpha value is -0.980. The van der Waals surface area contributed by atoms with E-state index in [-0.39, 0.29) is 6.04 Å². The van der Waals surface area contributed by atoms with Crippen molar-refractivity contribution in [2.45, 2.75) is 44.8 Å². The van der Waals surface area contributed by atoms with E-state index >= 15 is 0 Å². The van der Waals surface area contributed by atoms with Crippen molar-refractivity contribution in [2.75, 3.05) is 0 Å². The monoisotopic (exact) mass is 235 g/mol. The van der Waals surface area contributed by atoms with E-state index in [0.717, 1.165) is 6.42 Å². The molecule has 0 aromatic carbocycles. The van der Waals surface area contributed by atoms with Crippen LogP contribution in [0.2, 0.25) is 0 Å². The van der Waals surface area contributed by atoms with Crippen molar-refractivity contribution >= 4 is 10.2 Å². The van der Waals surface area contributed by atoms with E-state index in [1.165, 1.54) is 4.57 Å². The Bertz CT molecular complexity index is 439. The maximum Gasteiger partial charge on any atom is 0.368 e. The van der Waals surface area contributed by atoms with E-state index in [1.807, 2.05) is 6.92 Å². The van der Waals surface area contributed by atoms with Crippen LogP contribution in [0, 0.1) is 0 Å². The molecule has 0 radical (unpaired) electrons. The van der Waals surface area contributed by atoms with Crippen LogP contribution in [-0.4, -0.2) is 23.2 Å². The largest absolute Gasteiger partial charge is 0.368 e. The van der Waals surface area contributed by atoms with Gasteiger partial charge in [0.2, 0.25) is 0 Å². The molecule has 15 heavy (non-hydrogen) atoms. The van der Waals surface area contributed by atoms with Gasteiger partial charge < -0.3 is 0 Å². The normalized spacial score (nSPS) is 12.3. The van der Waals surface area contributed by atoms with Crippen LogP contribution in [-0.2, 0) is 16.6 Å².